The largest absolute Gasteiger partial charge is 0.457 e. The highest BCUT2D eigenvalue weighted by atomic mass is 16.5. The Hall–Kier alpha value is -5.35. The Labute approximate surface area is 271 Å². The number of nitrogens with zero attached hydrogens (tertiary/aromatic N) is 3. The summed E-state index contributed by atoms with van der Waals surface area (Å²) in [5, 5.41) is 0. The molecule has 0 N–H and O–H groups in total. The Morgan fingerprint density at radius 3 is 2.00 bits per heavy atom. The van der Waals surface area contributed by atoms with Crippen molar-refractivity contribution >= 4 is 17.1 Å². The van der Waals surface area contributed by atoms with Crippen LogP contribution in [0.2, 0.25) is 0 Å². The Kier molecular flexibility index (Phi) is 6.50. The highest BCUT2D eigenvalue weighted by Gasteiger charge is 2.47. The van der Waals surface area contributed by atoms with Gasteiger partial charge in [-0.2, -0.15) is 0 Å². The van der Waals surface area contributed by atoms with E-state index in [1.807, 2.05) is 12.3 Å². The zero-order valence-electron chi connectivity index (χ0n) is 26.7. The van der Waals surface area contributed by atoms with Gasteiger partial charge in [-0.1, -0.05) is 99.6 Å². The molecule has 8 rings (SSSR count). The number of fused-ring (bicyclic) bond motifs is 4. The van der Waals surface area contributed by atoms with Crippen LogP contribution in [0.25, 0.3) is 11.1 Å². The van der Waals surface area contributed by atoms with Gasteiger partial charge < -0.3 is 14.5 Å². The van der Waals surface area contributed by atoms with Crippen molar-refractivity contribution in [1.29, 1.82) is 0 Å². The predicted molar refractivity (Wildman–Crippen MR) is 189 cm³/mol. The molecule has 0 unspecified atom stereocenters. The lowest BCUT2D eigenvalue weighted by Gasteiger charge is -2.34. The SMILES string of the molecule is CN1CN(c2cccc(Oc3cccc(C4(c5cc(C(C)(C)C)ccn5)c5ccccc5-c5ccccc54)c3)c2)c2ccccc21. The average Bonchev–Trinajstić information content (AvgIpc) is 3.58. The van der Waals surface area contributed by atoms with Gasteiger partial charge in [0, 0.05) is 25.0 Å². The fraction of sp³-hybridized carbons (Fsp3) is 0.167. The van der Waals surface area contributed by atoms with Gasteiger partial charge in [-0.3, -0.25) is 4.98 Å². The molecule has 0 amide bonds. The number of para-hydroxylation sites is 2. The van der Waals surface area contributed by atoms with Crippen LogP contribution in [0.1, 0.15) is 48.7 Å². The van der Waals surface area contributed by atoms with Crippen LogP contribution >= 0.6 is 0 Å². The average molecular weight is 600 g/mol. The summed E-state index contributed by atoms with van der Waals surface area (Å²) in [5.74, 6) is 1.60. The quantitative estimate of drug-likeness (QED) is 0.197. The van der Waals surface area contributed by atoms with Gasteiger partial charge in [-0.25, -0.2) is 0 Å². The molecule has 226 valence electrons. The fourth-order valence-corrected chi connectivity index (χ4v) is 7.32. The number of hydrogen-bond donors (Lipinski definition) is 0. The molecule has 1 aliphatic heterocycles. The topological polar surface area (TPSA) is 28.6 Å². The Bertz CT molecular complexity index is 2050. The molecule has 4 heteroatoms. The minimum atomic E-state index is -0.598. The third-order valence-electron chi connectivity index (χ3n) is 9.53. The first kappa shape index (κ1) is 28.1. The summed E-state index contributed by atoms with van der Waals surface area (Å²) in [5.41, 5.74) is 11.3. The molecule has 0 saturated heterocycles. The molecule has 0 spiro atoms. The van der Waals surface area contributed by atoms with E-state index in [0.29, 0.717) is 0 Å². The number of ether oxygens (including phenoxy) is 1. The predicted octanol–water partition coefficient (Wildman–Crippen LogP) is 10.1. The lowest BCUT2D eigenvalue weighted by Crippen LogP contribution is -2.30. The van der Waals surface area contributed by atoms with Crippen LogP contribution in [0.3, 0.4) is 0 Å². The number of aromatic nitrogens is 1. The highest BCUT2D eigenvalue weighted by molar-refractivity contribution is 5.86. The minimum Gasteiger partial charge on any atom is -0.457 e. The molecular formula is C42H37N3O. The second-order valence-corrected chi connectivity index (χ2v) is 13.4. The maximum Gasteiger partial charge on any atom is 0.129 e. The highest BCUT2D eigenvalue weighted by Crippen LogP contribution is 2.56. The maximum atomic E-state index is 6.67. The molecule has 0 atom stereocenters. The van der Waals surface area contributed by atoms with Crippen LogP contribution in [0.4, 0.5) is 17.1 Å². The van der Waals surface area contributed by atoms with E-state index in [1.54, 1.807) is 0 Å². The summed E-state index contributed by atoms with van der Waals surface area (Å²) < 4.78 is 6.67. The summed E-state index contributed by atoms with van der Waals surface area (Å²) in [6.45, 7) is 7.57. The molecule has 0 bridgehead atoms. The Balaban J connectivity index is 1.25. The summed E-state index contributed by atoms with van der Waals surface area (Å²) in [6.07, 6.45) is 1.97. The van der Waals surface area contributed by atoms with Crippen molar-refractivity contribution in [2.75, 3.05) is 23.5 Å². The van der Waals surface area contributed by atoms with Crippen molar-refractivity contribution in [3.63, 3.8) is 0 Å². The van der Waals surface area contributed by atoms with Crippen LogP contribution in [0.15, 0.2) is 140 Å². The maximum absolute atomic E-state index is 6.67. The van der Waals surface area contributed by atoms with E-state index in [2.05, 4.69) is 165 Å². The van der Waals surface area contributed by atoms with Crippen molar-refractivity contribution in [1.82, 2.24) is 4.98 Å². The van der Waals surface area contributed by atoms with E-state index in [9.17, 15) is 0 Å². The number of pyridine rings is 1. The monoisotopic (exact) mass is 599 g/mol. The number of benzene rings is 5. The van der Waals surface area contributed by atoms with Crippen LogP contribution in [0.5, 0.6) is 11.5 Å². The van der Waals surface area contributed by atoms with Gasteiger partial charge in [0.05, 0.1) is 29.2 Å². The van der Waals surface area contributed by atoms with Crippen molar-refractivity contribution in [3.8, 4) is 22.6 Å². The molecule has 46 heavy (non-hydrogen) atoms. The van der Waals surface area contributed by atoms with Crippen LogP contribution in [-0.4, -0.2) is 18.7 Å². The van der Waals surface area contributed by atoms with E-state index in [1.165, 1.54) is 39.2 Å². The standard InChI is InChI=1S/C42H37N3O/c1-41(2,3)29-23-24-43-40(26-29)42(36-19-7-5-17-34(36)35-18-6-8-20-37(35)42)30-13-11-15-32(25-30)46-33-16-12-14-31(27-33)45-28-44(4)38-21-9-10-22-39(38)45/h5-27H,28H2,1-4H3. The smallest absolute Gasteiger partial charge is 0.129 e. The van der Waals surface area contributed by atoms with Crippen LogP contribution < -0.4 is 14.5 Å². The Morgan fingerprint density at radius 2 is 1.28 bits per heavy atom. The zero-order valence-corrected chi connectivity index (χ0v) is 26.7. The van der Waals surface area contributed by atoms with E-state index in [0.717, 1.165) is 35.1 Å². The van der Waals surface area contributed by atoms with E-state index in [4.69, 9.17) is 9.72 Å². The lowest BCUT2D eigenvalue weighted by atomic mass is 9.69. The third-order valence-corrected chi connectivity index (χ3v) is 9.53. The first-order valence-electron chi connectivity index (χ1n) is 16.0. The van der Waals surface area contributed by atoms with Gasteiger partial charge >= 0.3 is 0 Å². The third kappa shape index (κ3) is 4.40. The molecule has 6 aromatic rings. The molecule has 0 saturated carbocycles. The summed E-state index contributed by atoms with van der Waals surface area (Å²) in [4.78, 5) is 9.72. The summed E-state index contributed by atoms with van der Waals surface area (Å²) in [6, 6.07) is 47.5. The molecule has 5 aromatic carbocycles. The molecule has 4 nitrogen and oxygen atoms in total. The van der Waals surface area contributed by atoms with Crippen molar-refractivity contribution in [3.05, 3.63) is 168 Å². The van der Waals surface area contributed by atoms with Crippen molar-refractivity contribution in [2.45, 2.75) is 31.6 Å². The zero-order chi connectivity index (χ0) is 31.5. The van der Waals surface area contributed by atoms with E-state index >= 15 is 0 Å². The van der Waals surface area contributed by atoms with Crippen LogP contribution in [-0.2, 0) is 10.8 Å². The molecule has 1 aliphatic carbocycles. The number of hydrogen-bond acceptors (Lipinski definition) is 4. The van der Waals surface area contributed by atoms with Gasteiger partial charge in [0.2, 0.25) is 0 Å². The van der Waals surface area contributed by atoms with Crippen LogP contribution in [0, 0.1) is 0 Å². The van der Waals surface area contributed by atoms with Crippen molar-refractivity contribution in [2.24, 2.45) is 0 Å². The first-order valence-corrected chi connectivity index (χ1v) is 16.0. The Morgan fingerprint density at radius 1 is 0.652 bits per heavy atom. The molecule has 1 aromatic heterocycles. The van der Waals surface area contributed by atoms with E-state index in [-0.39, 0.29) is 5.41 Å². The number of anilines is 3. The first-order chi connectivity index (χ1) is 22.3. The van der Waals surface area contributed by atoms with Gasteiger partial charge in [-0.15, -0.1) is 0 Å². The molecule has 0 radical (unpaired) electrons. The molecule has 2 heterocycles. The number of rotatable bonds is 5. The minimum absolute atomic E-state index is 0.0167. The summed E-state index contributed by atoms with van der Waals surface area (Å²) in [7, 11) is 2.13. The van der Waals surface area contributed by atoms with Crippen molar-refractivity contribution < 1.29 is 4.74 Å². The van der Waals surface area contributed by atoms with Gasteiger partial charge in [-0.05, 0) is 87.3 Å². The van der Waals surface area contributed by atoms with Gasteiger partial charge in [0.25, 0.3) is 0 Å². The second-order valence-electron chi connectivity index (χ2n) is 13.4. The van der Waals surface area contributed by atoms with Gasteiger partial charge in [0.1, 0.15) is 11.5 Å². The normalized spacial score (nSPS) is 14.5. The van der Waals surface area contributed by atoms with E-state index < -0.39 is 5.41 Å². The lowest BCUT2D eigenvalue weighted by molar-refractivity contribution is 0.481. The molecular weight excluding hydrogens is 562 g/mol. The molecule has 0 fully saturated rings. The van der Waals surface area contributed by atoms with Gasteiger partial charge in [0.15, 0.2) is 0 Å². The second kappa shape index (κ2) is 10.6. The molecule has 2 aliphatic rings. The fourth-order valence-electron chi connectivity index (χ4n) is 7.32. The summed E-state index contributed by atoms with van der Waals surface area (Å²) >= 11 is 0.